The molecule has 0 spiro atoms. The Labute approximate surface area is 138 Å². The van der Waals surface area contributed by atoms with Crippen LogP contribution >= 0.6 is 0 Å². The predicted molar refractivity (Wildman–Crippen MR) is 103 cm³/mol. The van der Waals surface area contributed by atoms with Crippen molar-refractivity contribution < 1.29 is 0 Å². The summed E-state index contributed by atoms with van der Waals surface area (Å²) in [6.07, 6.45) is 0. The van der Waals surface area contributed by atoms with E-state index < -0.39 is 56.4 Å². The molecule has 0 heterocycles. The first-order valence-corrected chi connectivity index (χ1v) is 24.1. The van der Waals surface area contributed by atoms with E-state index >= 15 is 0 Å². The Balaban J connectivity index is 5.43. The van der Waals surface area contributed by atoms with Crippen LogP contribution in [-0.4, -0.2) is 60.9 Å². The van der Waals surface area contributed by atoms with Gasteiger partial charge in [0.25, 0.3) is 0 Å². The van der Waals surface area contributed by atoms with Crippen LogP contribution < -0.4 is 0 Å². The van der Waals surface area contributed by atoms with E-state index in [0.717, 1.165) is 0 Å². The van der Waals surface area contributed by atoms with Gasteiger partial charge in [-0.2, -0.15) is 0 Å². The molecule has 0 aromatic heterocycles. The summed E-state index contributed by atoms with van der Waals surface area (Å²) in [6.45, 7) is 30.7. The van der Waals surface area contributed by atoms with Crippen LogP contribution in [0.5, 0.6) is 0 Å². The Hall–Kier alpha value is 1.66. The molecule has 113 valence electrons. The van der Waals surface area contributed by atoms with E-state index in [1.165, 1.54) is 0 Å². The van der Waals surface area contributed by atoms with Gasteiger partial charge in [-0.3, -0.25) is 0 Å². The van der Waals surface area contributed by atoms with E-state index in [0.29, 0.717) is 0 Å². The molecule has 0 unspecified atom stereocenters. The van der Waals surface area contributed by atoms with Gasteiger partial charge in [-0.05, 0) is 0 Å². The molecule has 0 saturated heterocycles. The summed E-state index contributed by atoms with van der Waals surface area (Å²) in [6, 6.07) is 0. The van der Waals surface area contributed by atoms with E-state index in [4.69, 9.17) is 0 Å². The second kappa shape index (κ2) is 6.42. The quantitative estimate of drug-likeness (QED) is 0.568. The zero-order valence-electron chi connectivity index (χ0n) is 15.5. The molecule has 1 radical (unpaired) electrons. The summed E-state index contributed by atoms with van der Waals surface area (Å²) in [5.74, 6) is 0. The van der Waals surface area contributed by atoms with E-state index in [9.17, 15) is 0 Å². The normalized spacial score (nSPS) is 15.3. The Bertz CT molecular complexity index is 239. The first-order valence-electron chi connectivity index (χ1n) is 7.41. The maximum absolute atomic E-state index is 3.13. The summed E-state index contributed by atoms with van der Waals surface area (Å²) < 4.78 is 6.26. The number of hydrogen-bond acceptors (Lipinski definition) is 2. The Morgan fingerprint density at radius 2 is 0.579 bits per heavy atom. The van der Waals surface area contributed by atoms with Crippen molar-refractivity contribution in [3.05, 3.63) is 0 Å². The Morgan fingerprint density at radius 1 is 0.421 bits per heavy atom. The van der Waals surface area contributed by atoms with Gasteiger partial charge in [0.15, 0.2) is 0 Å². The van der Waals surface area contributed by atoms with E-state index in [1.54, 1.807) is 0 Å². The summed E-state index contributed by atoms with van der Waals surface area (Å²) in [7, 11) is -4.64. The van der Waals surface area contributed by atoms with Crippen molar-refractivity contribution in [2.24, 2.45) is 0 Å². The minimum absolute atomic E-state index is 0.815. The number of rotatable bonds is 6. The van der Waals surface area contributed by atoms with Crippen molar-refractivity contribution >= 4 is 56.4 Å². The maximum atomic E-state index is 3.13. The van der Waals surface area contributed by atoms with Crippen molar-refractivity contribution in [2.45, 2.75) is 78.6 Å². The second-order valence-corrected chi connectivity index (χ2v) is 39.2. The van der Waals surface area contributed by atoms with Crippen molar-refractivity contribution in [1.82, 2.24) is 4.44 Å². The van der Waals surface area contributed by atoms with Gasteiger partial charge in [0, 0.05) is 0 Å². The van der Waals surface area contributed by atoms with Crippen LogP contribution in [0.3, 0.4) is 0 Å². The third kappa shape index (κ3) is 6.97. The van der Waals surface area contributed by atoms with Crippen LogP contribution in [0.2, 0.25) is 78.6 Å². The van der Waals surface area contributed by atoms with E-state index in [1.807, 2.05) is 0 Å². The summed E-state index contributed by atoms with van der Waals surface area (Å²) in [5, 5.41) is 0. The monoisotopic (exact) mass is 435 g/mol. The van der Waals surface area contributed by atoms with Crippen molar-refractivity contribution in [3.8, 4) is 0 Å². The average Bonchev–Trinajstić information content (AvgIpc) is 1.91. The second-order valence-electron chi connectivity index (χ2n) is 9.54. The molecule has 0 amide bonds. The van der Waals surface area contributed by atoms with Gasteiger partial charge in [-0.25, -0.2) is 0 Å². The molecule has 19 heavy (non-hydrogen) atoms. The van der Waals surface area contributed by atoms with Gasteiger partial charge in [0.1, 0.15) is 0 Å². The number of hydrogen-bond donors (Lipinski definition) is 0. The molecule has 0 rings (SSSR count). The molecule has 0 aromatic carbocycles. The molecule has 0 fully saturated rings. The number of nitrogens with zero attached hydrogens (tertiary/aromatic N) is 2. The van der Waals surface area contributed by atoms with Crippen molar-refractivity contribution in [2.75, 3.05) is 0 Å². The minimum atomic E-state index is -1.16. The molecule has 0 atom stereocenters. The van der Waals surface area contributed by atoms with Gasteiger partial charge in [0.05, 0.1) is 0 Å². The zero-order chi connectivity index (χ0) is 15.9. The van der Waals surface area contributed by atoms with Crippen molar-refractivity contribution in [1.29, 1.82) is 0 Å². The molecule has 0 N–H and O–H groups in total. The molecule has 0 aliphatic rings. The third-order valence-corrected chi connectivity index (χ3v) is 47.9. The predicted octanol–water partition coefficient (Wildman–Crippen LogP) is 4.46. The standard InChI is InChI=1S/2C6H18NSi2.In/c2*1-8(2,3)7-9(4,5)6;/h2*1-6H3;/q2*-1;+2. The fourth-order valence-corrected chi connectivity index (χ4v) is 39.0. The van der Waals surface area contributed by atoms with Crippen LogP contribution in [0.1, 0.15) is 0 Å². The molecule has 0 aliphatic heterocycles. The molecule has 0 aromatic rings. The van der Waals surface area contributed by atoms with Gasteiger partial charge >= 0.3 is 139 Å². The van der Waals surface area contributed by atoms with E-state index in [-0.39, 0.29) is 0 Å². The summed E-state index contributed by atoms with van der Waals surface area (Å²) in [4.78, 5) is 0. The van der Waals surface area contributed by atoms with Crippen LogP contribution in [0.25, 0.3) is 0 Å². The Morgan fingerprint density at radius 3 is 0.684 bits per heavy atom. The third-order valence-electron chi connectivity index (χ3n) is 3.12. The summed E-state index contributed by atoms with van der Waals surface area (Å²) >= 11 is -0.815. The fraction of sp³-hybridized carbons (Fsp3) is 1.00. The van der Waals surface area contributed by atoms with Gasteiger partial charge < -0.3 is 0 Å². The first kappa shape index (κ1) is 20.7. The molecule has 0 bridgehead atoms. The van der Waals surface area contributed by atoms with Crippen LogP contribution in [-0.2, 0) is 0 Å². The zero-order valence-corrected chi connectivity index (χ0v) is 22.8. The Kier molecular flexibility index (Phi) is 6.98. The first-order chi connectivity index (χ1) is 7.97. The van der Waals surface area contributed by atoms with Gasteiger partial charge in [-0.1, -0.05) is 0 Å². The molecule has 0 aliphatic carbocycles. The summed E-state index contributed by atoms with van der Waals surface area (Å²) in [5.41, 5.74) is 0. The molecule has 0 saturated carbocycles. The molecular weight excluding hydrogens is 399 g/mol. The van der Waals surface area contributed by atoms with Crippen LogP contribution in [0, 0.1) is 0 Å². The average molecular weight is 436 g/mol. The van der Waals surface area contributed by atoms with Crippen molar-refractivity contribution in [3.63, 3.8) is 0 Å². The van der Waals surface area contributed by atoms with Gasteiger partial charge in [0.2, 0.25) is 0 Å². The topological polar surface area (TPSA) is 6.48 Å². The molecular formula is C12H36InN2Si4. The molecule has 7 heteroatoms. The van der Waals surface area contributed by atoms with Crippen LogP contribution in [0.4, 0.5) is 0 Å². The molecule has 2 nitrogen and oxygen atoms in total. The van der Waals surface area contributed by atoms with Crippen LogP contribution in [0.15, 0.2) is 0 Å². The van der Waals surface area contributed by atoms with E-state index in [2.05, 4.69) is 83.0 Å². The SMILES string of the molecule is C[Si](C)(C)[N]([In][N]([Si](C)(C)C)[Si](C)(C)C)[Si](C)(C)C. The fourth-order valence-electron chi connectivity index (χ4n) is 2.82. The van der Waals surface area contributed by atoms with Gasteiger partial charge in [-0.15, -0.1) is 0 Å².